The highest BCUT2D eigenvalue weighted by Crippen LogP contribution is 2.41. The van der Waals surface area contributed by atoms with Gasteiger partial charge in [-0.05, 0) is 38.1 Å². The Hall–Kier alpha value is -2.86. The van der Waals surface area contributed by atoms with E-state index in [9.17, 15) is 14.7 Å². The van der Waals surface area contributed by atoms with Crippen LogP contribution in [0.4, 0.5) is 0 Å². The van der Waals surface area contributed by atoms with Crippen LogP contribution in [0.5, 0.6) is 11.5 Å². The van der Waals surface area contributed by atoms with Gasteiger partial charge in [-0.2, -0.15) is 0 Å². The molecule has 0 spiro atoms. The van der Waals surface area contributed by atoms with Crippen LogP contribution in [0.25, 0.3) is 0 Å². The second-order valence-electron chi connectivity index (χ2n) is 8.61. The van der Waals surface area contributed by atoms with E-state index in [1.165, 1.54) is 0 Å². The monoisotopic (exact) mass is 486 g/mol. The van der Waals surface area contributed by atoms with Gasteiger partial charge in [0.2, 0.25) is 0 Å². The number of carbonyl (C=O) groups excluding carboxylic acids is 2. The van der Waals surface area contributed by atoms with Gasteiger partial charge in [0.15, 0.2) is 18.9 Å². The highest BCUT2D eigenvalue weighted by Gasteiger charge is 2.55. The maximum absolute atomic E-state index is 12.1. The number of carbonyl (C=O) groups is 2. The molecule has 10 nitrogen and oxygen atoms in total. The molecule has 2 aromatic rings. The minimum absolute atomic E-state index is 0.254. The Labute approximate surface area is 201 Å². The molecule has 0 aliphatic carbocycles. The summed E-state index contributed by atoms with van der Waals surface area (Å²) in [4.78, 5) is 24.1. The predicted octanol–water partition coefficient (Wildman–Crippen LogP) is 2.16. The third kappa shape index (κ3) is 5.37. The molecule has 0 radical (unpaired) electrons. The van der Waals surface area contributed by atoms with Crippen molar-refractivity contribution in [3.05, 3.63) is 59.7 Å². The number of hydrogen-bond acceptors (Lipinski definition) is 10. The van der Waals surface area contributed by atoms with Crippen LogP contribution < -0.4 is 9.47 Å². The Kier molecular flexibility index (Phi) is 6.83. The molecule has 35 heavy (non-hydrogen) atoms. The van der Waals surface area contributed by atoms with Gasteiger partial charge in [0, 0.05) is 5.56 Å². The van der Waals surface area contributed by atoms with Gasteiger partial charge >= 0.3 is 11.9 Å². The van der Waals surface area contributed by atoms with Crippen molar-refractivity contribution in [2.45, 2.75) is 63.6 Å². The average molecular weight is 486 g/mol. The summed E-state index contributed by atoms with van der Waals surface area (Å²) in [5, 5.41) is 10.6. The van der Waals surface area contributed by atoms with Gasteiger partial charge in [-0.3, -0.25) is 9.59 Å². The number of esters is 2. The van der Waals surface area contributed by atoms with E-state index in [1.54, 1.807) is 55.5 Å². The summed E-state index contributed by atoms with van der Waals surface area (Å²) >= 11 is 0. The van der Waals surface area contributed by atoms with E-state index in [1.807, 2.05) is 6.92 Å². The van der Waals surface area contributed by atoms with E-state index in [0.717, 1.165) is 5.56 Å². The van der Waals surface area contributed by atoms with Crippen LogP contribution in [-0.4, -0.2) is 60.6 Å². The predicted molar refractivity (Wildman–Crippen MR) is 117 cm³/mol. The van der Waals surface area contributed by atoms with Gasteiger partial charge < -0.3 is 38.3 Å². The molecule has 3 heterocycles. The van der Waals surface area contributed by atoms with Crippen LogP contribution in [0.2, 0.25) is 0 Å². The lowest BCUT2D eigenvalue weighted by atomic mass is 10.1. The smallest absolute Gasteiger partial charge is 0.322 e. The highest BCUT2D eigenvalue weighted by atomic mass is 16.8. The summed E-state index contributed by atoms with van der Waals surface area (Å²) in [6, 6.07) is 13.4. The first-order valence-corrected chi connectivity index (χ1v) is 11.4. The van der Waals surface area contributed by atoms with Gasteiger partial charge in [0.25, 0.3) is 0 Å². The van der Waals surface area contributed by atoms with E-state index in [2.05, 4.69) is 0 Å². The fourth-order valence-electron chi connectivity index (χ4n) is 4.16. The average Bonchev–Trinajstić information content (AvgIpc) is 3.52. The second kappa shape index (κ2) is 10.0. The Morgan fingerprint density at radius 1 is 0.886 bits per heavy atom. The molecule has 3 fully saturated rings. The summed E-state index contributed by atoms with van der Waals surface area (Å²) in [5.41, 5.74) is 1.68. The molecular formula is C25H26O10. The van der Waals surface area contributed by atoms with Gasteiger partial charge in [0.1, 0.15) is 42.3 Å². The van der Waals surface area contributed by atoms with Crippen molar-refractivity contribution >= 4 is 11.9 Å². The van der Waals surface area contributed by atoms with Gasteiger partial charge in [0.05, 0.1) is 6.61 Å². The van der Waals surface area contributed by atoms with Crippen molar-refractivity contribution < 1.29 is 47.9 Å². The summed E-state index contributed by atoms with van der Waals surface area (Å²) in [7, 11) is 0. The van der Waals surface area contributed by atoms with Crippen LogP contribution in [0, 0.1) is 6.92 Å². The van der Waals surface area contributed by atoms with Crippen molar-refractivity contribution in [3.8, 4) is 11.5 Å². The number of aliphatic hydroxyl groups excluding tert-OH is 1. The Bertz CT molecular complexity index is 1050. The van der Waals surface area contributed by atoms with Crippen molar-refractivity contribution in [2.75, 3.05) is 6.61 Å². The minimum Gasteiger partial charge on any atom is -0.426 e. The van der Waals surface area contributed by atoms with Crippen LogP contribution >= 0.6 is 0 Å². The first-order valence-electron chi connectivity index (χ1n) is 11.4. The van der Waals surface area contributed by atoms with E-state index in [4.69, 9.17) is 33.2 Å². The lowest BCUT2D eigenvalue weighted by Gasteiger charge is -2.23. The number of ether oxygens (including phenoxy) is 7. The Morgan fingerprint density at radius 2 is 1.51 bits per heavy atom. The summed E-state index contributed by atoms with van der Waals surface area (Å²) < 4.78 is 38.9. The molecule has 3 saturated heterocycles. The zero-order valence-corrected chi connectivity index (χ0v) is 19.2. The van der Waals surface area contributed by atoms with Crippen molar-refractivity contribution in [2.24, 2.45) is 0 Å². The third-order valence-corrected chi connectivity index (χ3v) is 5.92. The standard InChI is InChI=1S/C25H26O10/c1-13-3-7-16(8-4-13)31-19(26)11-20(27)32-17-9-5-15(6-10-17)24-34-23-21(28)22(33-25(23)35-24)18-12-29-14(2)30-18/h3-10,14,18,21-25,28H,11-12H2,1-2H3. The maximum atomic E-state index is 12.1. The summed E-state index contributed by atoms with van der Waals surface area (Å²) in [6.07, 6.45) is -4.96. The molecule has 3 aliphatic rings. The molecule has 0 aromatic heterocycles. The lowest BCUT2D eigenvalue weighted by molar-refractivity contribution is -0.192. The van der Waals surface area contributed by atoms with Gasteiger partial charge in [-0.25, -0.2) is 0 Å². The molecule has 7 unspecified atom stereocenters. The normalized spacial score (nSPS) is 31.8. The van der Waals surface area contributed by atoms with E-state index >= 15 is 0 Å². The SMILES string of the molecule is Cc1ccc(OC(=O)CC(=O)Oc2ccc(C3OC4OC(C5COC(C)O5)C(O)C4O3)cc2)cc1. The van der Waals surface area contributed by atoms with Gasteiger partial charge in [-0.1, -0.05) is 29.8 Å². The van der Waals surface area contributed by atoms with Crippen molar-refractivity contribution in [1.82, 2.24) is 0 Å². The van der Waals surface area contributed by atoms with E-state index in [0.29, 0.717) is 17.9 Å². The zero-order chi connectivity index (χ0) is 24.5. The zero-order valence-electron chi connectivity index (χ0n) is 19.2. The molecule has 0 amide bonds. The third-order valence-electron chi connectivity index (χ3n) is 5.92. The number of aliphatic hydroxyl groups is 1. The molecule has 1 N–H and O–H groups in total. The molecular weight excluding hydrogens is 460 g/mol. The van der Waals surface area contributed by atoms with Crippen LogP contribution in [0.15, 0.2) is 48.5 Å². The molecule has 2 aromatic carbocycles. The molecule has 5 rings (SSSR count). The number of hydrogen-bond donors (Lipinski definition) is 1. The fraction of sp³-hybridized carbons (Fsp3) is 0.440. The van der Waals surface area contributed by atoms with Crippen molar-refractivity contribution in [1.29, 1.82) is 0 Å². The molecule has 10 heteroatoms. The largest absolute Gasteiger partial charge is 0.426 e. The van der Waals surface area contributed by atoms with Crippen molar-refractivity contribution in [3.63, 3.8) is 0 Å². The molecule has 3 aliphatic heterocycles. The topological polar surface area (TPSA) is 119 Å². The Morgan fingerprint density at radius 3 is 2.09 bits per heavy atom. The Balaban J connectivity index is 1.11. The number of fused-ring (bicyclic) bond motifs is 1. The minimum atomic E-state index is -0.927. The molecule has 186 valence electrons. The van der Waals surface area contributed by atoms with E-state index in [-0.39, 0.29) is 18.1 Å². The number of benzene rings is 2. The summed E-state index contributed by atoms with van der Waals surface area (Å²) in [5.74, 6) is -0.842. The van der Waals surface area contributed by atoms with E-state index < -0.39 is 49.3 Å². The highest BCUT2D eigenvalue weighted by molar-refractivity contribution is 5.93. The van der Waals surface area contributed by atoms with Crippen LogP contribution in [0.3, 0.4) is 0 Å². The first-order chi connectivity index (χ1) is 16.9. The van der Waals surface area contributed by atoms with Crippen LogP contribution in [0.1, 0.15) is 30.8 Å². The maximum Gasteiger partial charge on any atom is 0.322 e. The van der Waals surface area contributed by atoms with Gasteiger partial charge in [-0.15, -0.1) is 0 Å². The summed E-state index contributed by atoms with van der Waals surface area (Å²) in [6.45, 7) is 4.03. The quantitative estimate of drug-likeness (QED) is 0.370. The number of rotatable bonds is 6. The fourth-order valence-corrected chi connectivity index (χ4v) is 4.16. The lowest BCUT2D eigenvalue weighted by Crippen LogP contribution is -2.40. The number of aryl methyl sites for hydroxylation is 1. The molecule has 0 bridgehead atoms. The second-order valence-corrected chi connectivity index (χ2v) is 8.61. The van der Waals surface area contributed by atoms with Crippen LogP contribution in [-0.2, 0) is 33.3 Å². The molecule has 0 saturated carbocycles. The molecule has 7 atom stereocenters. The first kappa shape index (κ1) is 23.9.